The summed E-state index contributed by atoms with van der Waals surface area (Å²) >= 11 is 0. The minimum Gasteiger partial charge on any atom is -0.369 e. The average molecular weight is 264 g/mol. The molecular weight excluding hydrogens is 242 g/mol. The third-order valence-corrected chi connectivity index (χ3v) is 2.81. The molecule has 2 amide bonds. The quantitative estimate of drug-likeness (QED) is 0.606. The van der Waals surface area contributed by atoms with Crippen LogP contribution in [0, 0.1) is 11.3 Å². The summed E-state index contributed by atoms with van der Waals surface area (Å²) in [6.07, 6.45) is 2.53. The van der Waals surface area contributed by atoms with E-state index in [0.717, 1.165) is 12.5 Å². The summed E-state index contributed by atoms with van der Waals surface area (Å²) in [5, 5.41) is 5.78. The van der Waals surface area contributed by atoms with Gasteiger partial charge >= 0.3 is 0 Å². The van der Waals surface area contributed by atoms with Crippen molar-refractivity contribution in [2.24, 2.45) is 17.1 Å². The highest BCUT2D eigenvalue weighted by Crippen LogP contribution is 2.27. The van der Waals surface area contributed by atoms with E-state index in [1.807, 2.05) is 0 Å². The van der Waals surface area contributed by atoms with Crippen LogP contribution < -0.4 is 16.4 Å². The van der Waals surface area contributed by atoms with E-state index in [9.17, 15) is 9.59 Å². The van der Waals surface area contributed by atoms with Crippen molar-refractivity contribution in [2.45, 2.75) is 26.7 Å². The van der Waals surface area contributed by atoms with Gasteiger partial charge in [0.1, 0.15) is 0 Å². The Morgan fingerprint density at radius 2 is 1.94 bits per heavy atom. The predicted octanol–water partition coefficient (Wildman–Crippen LogP) is 0.0355. The van der Waals surface area contributed by atoms with Crippen LogP contribution in [0.1, 0.15) is 26.7 Å². The Balaban J connectivity index is 0.00000256. The Bertz CT molecular complexity index is 278. The van der Waals surface area contributed by atoms with Gasteiger partial charge in [0.15, 0.2) is 0 Å². The van der Waals surface area contributed by atoms with E-state index in [-0.39, 0.29) is 24.9 Å². The lowest BCUT2D eigenvalue weighted by Crippen LogP contribution is -2.44. The molecule has 1 saturated carbocycles. The van der Waals surface area contributed by atoms with Gasteiger partial charge in [0.25, 0.3) is 0 Å². The number of carbonyl (C=O) groups excluding carboxylic acids is 2. The third kappa shape index (κ3) is 6.48. The van der Waals surface area contributed by atoms with Crippen molar-refractivity contribution in [3.05, 3.63) is 0 Å². The molecule has 0 aliphatic heterocycles. The van der Waals surface area contributed by atoms with Gasteiger partial charge in [-0.05, 0) is 39.2 Å². The van der Waals surface area contributed by atoms with Crippen LogP contribution in [0.25, 0.3) is 0 Å². The average Bonchev–Trinajstić information content (AvgIpc) is 2.98. The molecule has 1 fully saturated rings. The standard InChI is InChI=1S/C11H21N3O2.ClH/c1-11(2,10(12)16)7-14-9(15)6-13-5-8-3-4-8;/h8,13H,3-7H2,1-2H3,(H2,12,16)(H,14,15);1H. The molecule has 1 aliphatic carbocycles. The smallest absolute Gasteiger partial charge is 0.233 e. The van der Waals surface area contributed by atoms with Gasteiger partial charge in [0.2, 0.25) is 11.8 Å². The number of amides is 2. The fourth-order valence-electron chi connectivity index (χ4n) is 1.18. The van der Waals surface area contributed by atoms with Crippen LogP contribution in [-0.4, -0.2) is 31.4 Å². The van der Waals surface area contributed by atoms with Gasteiger partial charge in [-0.15, -0.1) is 12.4 Å². The maximum Gasteiger partial charge on any atom is 0.233 e. The highest BCUT2D eigenvalue weighted by molar-refractivity contribution is 5.85. The maximum absolute atomic E-state index is 11.4. The number of hydrogen-bond acceptors (Lipinski definition) is 3. The maximum atomic E-state index is 11.4. The molecule has 6 heteroatoms. The van der Waals surface area contributed by atoms with Crippen molar-refractivity contribution in [3.63, 3.8) is 0 Å². The predicted molar refractivity (Wildman–Crippen MR) is 68.8 cm³/mol. The lowest BCUT2D eigenvalue weighted by Gasteiger charge is -2.20. The van der Waals surface area contributed by atoms with Crippen molar-refractivity contribution in [2.75, 3.05) is 19.6 Å². The second-order valence-electron chi connectivity index (χ2n) is 5.10. The first-order valence-corrected chi connectivity index (χ1v) is 5.69. The van der Waals surface area contributed by atoms with E-state index in [2.05, 4.69) is 10.6 Å². The van der Waals surface area contributed by atoms with Crippen LogP contribution in [0.3, 0.4) is 0 Å². The Hall–Kier alpha value is -0.810. The molecule has 5 nitrogen and oxygen atoms in total. The molecule has 0 unspecified atom stereocenters. The number of nitrogens with two attached hydrogens (primary N) is 1. The van der Waals surface area contributed by atoms with Crippen molar-refractivity contribution >= 4 is 24.2 Å². The fraction of sp³-hybridized carbons (Fsp3) is 0.818. The van der Waals surface area contributed by atoms with Crippen LogP contribution >= 0.6 is 12.4 Å². The molecule has 0 aromatic rings. The Morgan fingerprint density at radius 3 is 2.41 bits per heavy atom. The molecule has 0 aromatic heterocycles. The number of nitrogens with one attached hydrogen (secondary N) is 2. The number of carbonyl (C=O) groups is 2. The number of halogens is 1. The molecule has 0 bridgehead atoms. The first kappa shape index (κ1) is 16.2. The minimum absolute atomic E-state index is 0. The number of rotatable bonds is 7. The van der Waals surface area contributed by atoms with Crippen molar-refractivity contribution in [3.8, 4) is 0 Å². The normalized spacial score (nSPS) is 14.9. The zero-order valence-electron chi connectivity index (χ0n) is 10.4. The molecule has 0 heterocycles. The van der Waals surface area contributed by atoms with Crippen LogP contribution in [0.2, 0.25) is 0 Å². The van der Waals surface area contributed by atoms with Crippen molar-refractivity contribution in [1.29, 1.82) is 0 Å². The van der Waals surface area contributed by atoms with E-state index in [1.54, 1.807) is 13.8 Å². The highest BCUT2D eigenvalue weighted by atomic mass is 35.5. The lowest BCUT2D eigenvalue weighted by molar-refractivity contribution is -0.126. The van der Waals surface area contributed by atoms with Gasteiger partial charge < -0.3 is 16.4 Å². The summed E-state index contributed by atoms with van der Waals surface area (Å²) < 4.78 is 0. The van der Waals surface area contributed by atoms with Crippen LogP contribution in [0.15, 0.2) is 0 Å². The van der Waals surface area contributed by atoms with Gasteiger partial charge in [-0.3, -0.25) is 9.59 Å². The van der Waals surface area contributed by atoms with Crippen molar-refractivity contribution in [1.82, 2.24) is 10.6 Å². The molecule has 1 rings (SSSR count). The second kappa shape index (κ2) is 6.81. The van der Waals surface area contributed by atoms with E-state index in [0.29, 0.717) is 6.54 Å². The molecule has 0 atom stereocenters. The van der Waals surface area contributed by atoms with Gasteiger partial charge in [-0.1, -0.05) is 0 Å². The molecule has 0 aromatic carbocycles. The Kier molecular flexibility index (Phi) is 6.49. The molecule has 0 radical (unpaired) electrons. The van der Waals surface area contributed by atoms with E-state index in [4.69, 9.17) is 5.73 Å². The second-order valence-corrected chi connectivity index (χ2v) is 5.10. The fourth-order valence-corrected chi connectivity index (χ4v) is 1.18. The zero-order valence-corrected chi connectivity index (χ0v) is 11.2. The lowest BCUT2D eigenvalue weighted by atomic mass is 9.93. The third-order valence-electron chi connectivity index (χ3n) is 2.81. The molecular formula is C11H22ClN3O2. The molecule has 4 N–H and O–H groups in total. The summed E-state index contributed by atoms with van der Waals surface area (Å²) in [5.41, 5.74) is 4.51. The molecule has 17 heavy (non-hydrogen) atoms. The summed E-state index contributed by atoms with van der Waals surface area (Å²) in [7, 11) is 0. The first-order valence-electron chi connectivity index (χ1n) is 5.69. The topological polar surface area (TPSA) is 84.2 Å². The summed E-state index contributed by atoms with van der Waals surface area (Å²) in [4.78, 5) is 22.4. The molecule has 1 aliphatic rings. The van der Waals surface area contributed by atoms with E-state index >= 15 is 0 Å². The molecule has 0 spiro atoms. The van der Waals surface area contributed by atoms with Crippen LogP contribution in [-0.2, 0) is 9.59 Å². The largest absolute Gasteiger partial charge is 0.369 e. The van der Waals surface area contributed by atoms with Gasteiger partial charge in [-0.2, -0.15) is 0 Å². The number of primary amides is 1. The SMILES string of the molecule is CC(C)(CNC(=O)CNCC1CC1)C(N)=O.Cl. The van der Waals surface area contributed by atoms with Crippen LogP contribution in [0.5, 0.6) is 0 Å². The van der Waals surface area contributed by atoms with Crippen molar-refractivity contribution < 1.29 is 9.59 Å². The zero-order chi connectivity index (χ0) is 12.2. The summed E-state index contributed by atoms with van der Waals surface area (Å²) in [6.45, 7) is 4.94. The first-order chi connectivity index (χ1) is 7.42. The van der Waals surface area contributed by atoms with Gasteiger partial charge in [-0.25, -0.2) is 0 Å². The highest BCUT2D eigenvalue weighted by Gasteiger charge is 2.25. The van der Waals surface area contributed by atoms with Gasteiger partial charge in [0.05, 0.1) is 12.0 Å². The summed E-state index contributed by atoms with van der Waals surface area (Å²) in [6, 6.07) is 0. The van der Waals surface area contributed by atoms with Crippen LogP contribution in [0.4, 0.5) is 0 Å². The number of hydrogen-bond donors (Lipinski definition) is 3. The van der Waals surface area contributed by atoms with Gasteiger partial charge in [0, 0.05) is 6.54 Å². The minimum atomic E-state index is -0.688. The molecule has 100 valence electrons. The summed E-state index contributed by atoms with van der Waals surface area (Å²) in [5.74, 6) is 0.267. The monoisotopic (exact) mass is 263 g/mol. The Morgan fingerprint density at radius 1 is 1.35 bits per heavy atom. The van der Waals surface area contributed by atoms with E-state index in [1.165, 1.54) is 12.8 Å². The molecule has 0 saturated heterocycles. The Labute approximate surface area is 108 Å². The van der Waals surface area contributed by atoms with E-state index < -0.39 is 11.3 Å².